The molecule has 1 aliphatic rings. The molecule has 24 heavy (non-hydrogen) atoms. The lowest BCUT2D eigenvalue weighted by atomic mass is 9.73. The van der Waals surface area contributed by atoms with Gasteiger partial charge in [-0.15, -0.1) is 0 Å². The highest BCUT2D eigenvalue weighted by Gasteiger charge is 2.51. The van der Waals surface area contributed by atoms with Crippen LogP contribution in [0, 0.1) is 11.3 Å². The predicted molar refractivity (Wildman–Crippen MR) is 85.8 cm³/mol. The van der Waals surface area contributed by atoms with E-state index in [0.29, 0.717) is 5.69 Å². The number of nitrogens with one attached hydrogen (secondary N) is 1. The molecular weight excluding hydrogens is 321 g/mol. The second-order valence-corrected chi connectivity index (χ2v) is 8.07. The number of alkyl halides is 3. The second kappa shape index (κ2) is 5.97. The Balaban J connectivity index is 2.03. The Hall–Kier alpha value is -1.73. The maximum atomic E-state index is 13.1. The number of halogens is 3. The summed E-state index contributed by atoms with van der Waals surface area (Å²) < 4.78 is 41.0. The fourth-order valence-corrected chi connectivity index (χ4v) is 3.09. The van der Waals surface area contributed by atoms with Gasteiger partial charge in [0.25, 0.3) is 0 Å². The van der Waals surface area contributed by atoms with E-state index in [2.05, 4.69) is 10.4 Å². The largest absolute Gasteiger partial charge is 0.392 e. The summed E-state index contributed by atoms with van der Waals surface area (Å²) in [4.78, 5) is 13.8. The normalized spacial score (nSPS) is 21.7. The fraction of sp³-hybridized carbons (Fsp3) is 0.750. The molecular formula is C16H25F3N4O. The highest BCUT2D eigenvalue weighted by Crippen LogP contribution is 2.45. The first-order chi connectivity index (χ1) is 10.8. The average molecular weight is 346 g/mol. The fourth-order valence-electron chi connectivity index (χ4n) is 3.09. The van der Waals surface area contributed by atoms with Gasteiger partial charge in [0.05, 0.1) is 23.3 Å². The minimum atomic E-state index is -4.24. The number of aromatic nitrogens is 2. The predicted octanol–water partition coefficient (Wildman–Crippen LogP) is 4.08. The van der Waals surface area contributed by atoms with Crippen molar-refractivity contribution in [3.8, 4) is 0 Å². The number of piperidine rings is 1. The van der Waals surface area contributed by atoms with Crippen LogP contribution in [-0.2, 0) is 5.54 Å². The molecule has 0 unspecified atom stereocenters. The molecule has 1 fully saturated rings. The molecule has 5 nitrogen and oxygen atoms in total. The molecule has 1 saturated heterocycles. The third-order valence-corrected chi connectivity index (χ3v) is 4.43. The quantitative estimate of drug-likeness (QED) is 0.833. The van der Waals surface area contributed by atoms with Gasteiger partial charge in [-0.1, -0.05) is 13.8 Å². The molecule has 1 aliphatic heterocycles. The zero-order valence-corrected chi connectivity index (χ0v) is 14.7. The maximum absolute atomic E-state index is 13.1. The number of carbonyl (C=O) groups is 1. The van der Waals surface area contributed by atoms with E-state index >= 15 is 0 Å². The number of hydrogen-bond acceptors (Lipinski definition) is 2. The number of amides is 2. The number of carbonyl (C=O) groups excluding carboxylic acids is 1. The summed E-state index contributed by atoms with van der Waals surface area (Å²) in [6.45, 7) is 9.22. The Morgan fingerprint density at radius 3 is 2.42 bits per heavy atom. The van der Waals surface area contributed by atoms with Crippen molar-refractivity contribution in [3.63, 3.8) is 0 Å². The SMILES string of the molecule is CC1(C)CN(C(=O)Nc2cnn(C(C)(C)C)c2)CC[C@H]1C(F)(F)F. The minimum absolute atomic E-state index is 0.0659. The lowest BCUT2D eigenvalue weighted by molar-refractivity contribution is -0.214. The average Bonchev–Trinajstić information content (AvgIpc) is 2.84. The molecule has 1 N–H and O–H groups in total. The third kappa shape index (κ3) is 4.02. The van der Waals surface area contributed by atoms with Crippen molar-refractivity contribution < 1.29 is 18.0 Å². The Morgan fingerprint density at radius 1 is 1.33 bits per heavy atom. The highest BCUT2D eigenvalue weighted by molar-refractivity contribution is 5.89. The van der Waals surface area contributed by atoms with Gasteiger partial charge in [0.1, 0.15) is 0 Å². The highest BCUT2D eigenvalue weighted by atomic mass is 19.4. The smallest absolute Gasteiger partial charge is 0.324 e. The molecule has 1 aromatic rings. The Bertz CT molecular complexity index is 601. The van der Waals surface area contributed by atoms with Gasteiger partial charge < -0.3 is 10.2 Å². The van der Waals surface area contributed by atoms with E-state index in [-0.39, 0.29) is 25.0 Å². The maximum Gasteiger partial charge on any atom is 0.392 e. The first-order valence-electron chi connectivity index (χ1n) is 7.98. The molecule has 1 aromatic heterocycles. The van der Waals surface area contributed by atoms with E-state index in [1.807, 2.05) is 20.8 Å². The van der Waals surface area contributed by atoms with Gasteiger partial charge in [0.15, 0.2) is 0 Å². The molecule has 0 bridgehead atoms. The standard InChI is InChI=1S/C16H25F3N4O/c1-14(2,3)23-9-11(8-20-23)21-13(24)22-7-6-12(16(17,18)19)15(4,5)10-22/h8-9,12H,6-7,10H2,1-5H3,(H,21,24)/t12-/m1/s1. The first kappa shape index (κ1) is 18.6. The summed E-state index contributed by atoms with van der Waals surface area (Å²) in [5.41, 5.74) is -0.690. The first-order valence-corrected chi connectivity index (χ1v) is 7.98. The van der Waals surface area contributed by atoms with Gasteiger partial charge >= 0.3 is 12.2 Å². The van der Waals surface area contributed by atoms with Crippen LogP contribution in [0.4, 0.5) is 23.7 Å². The monoisotopic (exact) mass is 346 g/mol. The second-order valence-electron chi connectivity index (χ2n) is 8.07. The number of urea groups is 1. The van der Waals surface area contributed by atoms with Gasteiger partial charge in [-0.3, -0.25) is 4.68 Å². The molecule has 2 heterocycles. The zero-order chi connectivity index (χ0) is 18.3. The lowest BCUT2D eigenvalue weighted by Gasteiger charge is -2.44. The van der Waals surface area contributed by atoms with E-state index in [0.717, 1.165) is 0 Å². The van der Waals surface area contributed by atoms with Crippen LogP contribution in [0.25, 0.3) is 0 Å². The Morgan fingerprint density at radius 2 is 1.96 bits per heavy atom. The van der Waals surface area contributed by atoms with Crippen LogP contribution in [0.1, 0.15) is 41.0 Å². The van der Waals surface area contributed by atoms with Crippen LogP contribution in [0.2, 0.25) is 0 Å². The van der Waals surface area contributed by atoms with Crippen molar-refractivity contribution in [1.82, 2.24) is 14.7 Å². The molecule has 8 heteroatoms. The third-order valence-electron chi connectivity index (χ3n) is 4.43. The molecule has 0 saturated carbocycles. The summed E-state index contributed by atoms with van der Waals surface area (Å²) in [6.07, 6.45) is -1.06. The van der Waals surface area contributed by atoms with E-state index in [9.17, 15) is 18.0 Å². The Labute approximate surface area is 140 Å². The molecule has 2 rings (SSSR count). The summed E-state index contributed by atoms with van der Waals surface area (Å²) in [7, 11) is 0. The molecule has 2 amide bonds. The number of nitrogens with zero attached hydrogens (tertiary/aromatic N) is 3. The van der Waals surface area contributed by atoms with Gasteiger partial charge in [0.2, 0.25) is 0 Å². The van der Waals surface area contributed by atoms with Crippen LogP contribution >= 0.6 is 0 Å². The van der Waals surface area contributed by atoms with Crippen LogP contribution < -0.4 is 5.32 Å². The number of likely N-dealkylation sites (tertiary alicyclic amines) is 1. The summed E-state index contributed by atoms with van der Waals surface area (Å²) in [6, 6.07) is -0.392. The van der Waals surface area contributed by atoms with Crippen LogP contribution in [0.15, 0.2) is 12.4 Å². The topological polar surface area (TPSA) is 50.2 Å². The van der Waals surface area contributed by atoms with Crippen LogP contribution in [0.3, 0.4) is 0 Å². The van der Waals surface area contributed by atoms with Gasteiger partial charge in [-0.25, -0.2) is 4.79 Å². The van der Waals surface area contributed by atoms with E-state index in [1.165, 1.54) is 11.1 Å². The zero-order valence-electron chi connectivity index (χ0n) is 14.7. The summed E-state index contributed by atoms with van der Waals surface area (Å²) in [5, 5.41) is 6.91. The molecule has 1 atom stereocenters. The molecule has 0 aromatic carbocycles. The van der Waals surface area contributed by atoms with E-state index in [1.54, 1.807) is 24.7 Å². The van der Waals surface area contributed by atoms with Gasteiger partial charge in [0, 0.05) is 19.3 Å². The van der Waals surface area contributed by atoms with Gasteiger partial charge in [-0.2, -0.15) is 18.3 Å². The van der Waals surface area contributed by atoms with Crippen molar-refractivity contribution in [2.75, 3.05) is 18.4 Å². The van der Waals surface area contributed by atoms with Gasteiger partial charge in [-0.05, 0) is 32.6 Å². The number of rotatable bonds is 1. The van der Waals surface area contributed by atoms with Crippen molar-refractivity contribution in [2.24, 2.45) is 11.3 Å². The number of hydrogen-bond donors (Lipinski definition) is 1. The lowest BCUT2D eigenvalue weighted by Crippen LogP contribution is -2.53. The van der Waals surface area contributed by atoms with Crippen molar-refractivity contribution in [3.05, 3.63) is 12.4 Å². The molecule has 136 valence electrons. The van der Waals surface area contributed by atoms with Crippen LogP contribution in [-0.4, -0.2) is 40.0 Å². The molecule has 0 aliphatic carbocycles. The van der Waals surface area contributed by atoms with Crippen molar-refractivity contribution >= 4 is 11.7 Å². The van der Waals surface area contributed by atoms with Crippen molar-refractivity contribution in [2.45, 2.75) is 52.8 Å². The van der Waals surface area contributed by atoms with E-state index < -0.39 is 23.5 Å². The molecule has 0 radical (unpaired) electrons. The Kier molecular flexibility index (Phi) is 4.63. The minimum Gasteiger partial charge on any atom is -0.324 e. The van der Waals surface area contributed by atoms with E-state index in [4.69, 9.17) is 0 Å². The number of anilines is 1. The summed E-state index contributed by atoms with van der Waals surface area (Å²) >= 11 is 0. The van der Waals surface area contributed by atoms with Crippen molar-refractivity contribution in [1.29, 1.82) is 0 Å². The summed E-state index contributed by atoms with van der Waals surface area (Å²) in [5.74, 6) is -1.39. The van der Waals surface area contributed by atoms with Crippen LogP contribution in [0.5, 0.6) is 0 Å². The molecule has 0 spiro atoms.